The number of aromatic nitrogens is 4. The van der Waals surface area contributed by atoms with E-state index in [-0.39, 0.29) is 11.9 Å². The highest BCUT2D eigenvalue weighted by atomic mass is 16.2. The first kappa shape index (κ1) is 12.9. The molecule has 106 valence electrons. The number of aryl methyl sites for hydroxylation is 1. The Morgan fingerprint density at radius 1 is 1.60 bits per heavy atom. The highest BCUT2D eigenvalue weighted by Crippen LogP contribution is 2.12. The maximum Gasteiger partial charge on any atom is 0.237 e. The van der Waals surface area contributed by atoms with Gasteiger partial charge in [-0.25, -0.2) is 4.98 Å². The van der Waals surface area contributed by atoms with E-state index in [4.69, 9.17) is 0 Å². The fourth-order valence-corrected chi connectivity index (χ4v) is 2.44. The molecule has 0 aromatic carbocycles. The Morgan fingerprint density at radius 2 is 2.50 bits per heavy atom. The number of nitrogens with zero attached hydrogens (tertiary/aromatic N) is 3. The van der Waals surface area contributed by atoms with E-state index in [0.717, 1.165) is 23.5 Å². The van der Waals surface area contributed by atoms with Crippen molar-refractivity contribution in [2.75, 3.05) is 6.54 Å². The minimum absolute atomic E-state index is 0.0285. The molecule has 0 spiro atoms. The maximum atomic E-state index is 12.1. The molecular formula is C13H18N6O. The number of nitrogens with one attached hydrogen (secondary N) is 3. The Morgan fingerprint density at radius 3 is 3.30 bits per heavy atom. The van der Waals surface area contributed by atoms with Gasteiger partial charge in [-0.3, -0.25) is 14.8 Å². The zero-order chi connectivity index (χ0) is 13.9. The Balaban J connectivity index is 1.49. The summed E-state index contributed by atoms with van der Waals surface area (Å²) in [4.78, 5) is 19.4. The van der Waals surface area contributed by atoms with E-state index in [0.29, 0.717) is 19.5 Å². The molecule has 0 aliphatic carbocycles. The standard InChI is InChI=1S/C13H18N6O/c1-19-9(3-5-18-19)2-4-14-13(20)11-6-10-12(7-15-11)17-8-16-10/h3,5,8,11,15H,2,4,6-7H2,1H3,(H,14,20)(H,16,17). The van der Waals surface area contributed by atoms with E-state index < -0.39 is 0 Å². The van der Waals surface area contributed by atoms with Crippen molar-refractivity contribution in [3.8, 4) is 0 Å². The predicted molar refractivity (Wildman–Crippen MR) is 72.8 cm³/mol. The van der Waals surface area contributed by atoms with Crippen LogP contribution in [-0.2, 0) is 31.2 Å². The second-order valence-electron chi connectivity index (χ2n) is 4.95. The molecule has 3 rings (SSSR count). The summed E-state index contributed by atoms with van der Waals surface area (Å²) >= 11 is 0. The zero-order valence-corrected chi connectivity index (χ0v) is 11.4. The third kappa shape index (κ3) is 2.57. The molecule has 3 N–H and O–H groups in total. The van der Waals surface area contributed by atoms with Crippen LogP contribution >= 0.6 is 0 Å². The Kier molecular flexibility index (Phi) is 3.51. The molecule has 0 fully saturated rings. The van der Waals surface area contributed by atoms with Crippen LogP contribution in [0.3, 0.4) is 0 Å². The number of aromatic amines is 1. The minimum Gasteiger partial charge on any atom is -0.354 e. The predicted octanol–water partition coefficient (Wildman–Crippen LogP) is -0.484. The summed E-state index contributed by atoms with van der Waals surface area (Å²) in [5.41, 5.74) is 3.16. The molecule has 2 aromatic rings. The van der Waals surface area contributed by atoms with E-state index in [1.54, 1.807) is 12.5 Å². The number of rotatable bonds is 4. The molecule has 0 bridgehead atoms. The SMILES string of the molecule is Cn1nccc1CCNC(=O)C1Cc2nc[nH]c2CN1. The topological polar surface area (TPSA) is 87.6 Å². The monoisotopic (exact) mass is 274 g/mol. The number of carbonyl (C=O) groups excluding carboxylic acids is 1. The van der Waals surface area contributed by atoms with E-state index in [1.165, 1.54) is 0 Å². The number of hydrogen-bond donors (Lipinski definition) is 3. The van der Waals surface area contributed by atoms with E-state index in [9.17, 15) is 4.79 Å². The third-order valence-corrected chi connectivity index (χ3v) is 3.65. The average Bonchev–Trinajstić information content (AvgIpc) is 3.07. The molecule has 3 heterocycles. The van der Waals surface area contributed by atoms with Crippen molar-refractivity contribution in [1.29, 1.82) is 0 Å². The molecule has 0 radical (unpaired) electrons. The van der Waals surface area contributed by atoms with Gasteiger partial charge in [0.15, 0.2) is 0 Å². The first-order valence-electron chi connectivity index (χ1n) is 6.73. The fourth-order valence-electron chi connectivity index (χ4n) is 2.44. The Bertz CT molecular complexity index is 602. The van der Waals surface area contributed by atoms with Gasteiger partial charge in [-0.1, -0.05) is 0 Å². The fraction of sp³-hybridized carbons (Fsp3) is 0.462. The van der Waals surface area contributed by atoms with Gasteiger partial charge >= 0.3 is 0 Å². The Hall–Kier alpha value is -2.15. The van der Waals surface area contributed by atoms with Crippen molar-refractivity contribution in [2.24, 2.45) is 7.05 Å². The number of carbonyl (C=O) groups is 1. The molecule has 2 aromatic heterocycles. The molecule has 0 saturated heterocycles. The number of imidazole rings is 1. The second-order valence-corrected chi connectivity index (χ2v) is 4.95. The number of hydrogen-bond acceptors (Lipinski definition) is 4. The van der Waals surface area contributed by atoms with Gasteiger partial charge in [0.05, 0.1) is 23.8 Å². The summed E-state index contributed by atoms with van der Waals surface area (Å²) in [5.74, 6) is 0.0285. The van der Waals surface area contributed by atoms with Gasteiger partial charge in [-0.05, 0) is 6.07 Å². The van der Waals surface area contributed by atoms with Crippen molar-refractivity contribution in [2.45, 2.75) is 25.4 Å². The summed E-state index contributed by atoms with van der Waals surface area (Å²) in [7, 11) is 1.90. The highest BCUT2D eigenvalue weighted by Gasteiger charge is 2.25. The van der Waals surface area contributed by atoms with Gasteiger partial charge in [0.1, 0.15) is 0 Å². The van der Waals surface area contributed by atoms with Gasteiger partial charge in [-0.15, -0.1) is 0 Å². The van der Waals surface area contributed by atoms with Crippen LogP contribution in [-0.4, -0.2) is 38.2 Å². The summed E-state index contributed by atoms with van der Waals surface area (Å²) in [5, 5.41) is 10.3. The van der Waals surface area contributed by atoms with Crippen LogP contribution in [0.2, 0.25) is 0 Å². The number of fused-ring (bicyclic) bond motifs is 1. The molecule has 0 saturated carbocycles. The van der Waals surface area contributed by atoms with Crippen LogP contribution in [0.5, 0.6) is 0 Å². The maximum absolute atomic E-state index is 12.1. The van der Waals surface area contributed by atoms with Crippen molar-refractivity contribution in [3.05, 3.63) is 35.7 Å². The average molecular weight is 274 g/mol. The summed E-state index contributed by atoms with van der Waals surface area (Å²) < 4.78 is 1.82. The van der Waals surface area contributed by atoms with Crippen molar-refractivity contribution < 1.29 is 4.79 Å². The van der Waals surface area contributed by atoms with Crippen LogP contribution < -0.4 is 10.6 Å². The summed E-state index contributed by atoms with van der Waals surface area (Å²) in [6.45, 7) is 1.28. The van der Waals surface area contributed by atoms with Gasteiger partial charge in [0.25, 0.3) is 0 Å². The smallest absolute Gasteiger partial charge is 0.237 e. The lowest BCUT2D eigenvalue weighted by Gasteiger charge is -2.22. The van der Waals surface area contributed by atoms with E-state index in [1.807, 2.05) is 17.8 Å². The molecule has 7 heteroatoms. The lowest BCUT2D eigenvalue weighted by Crippen LogP contribution is -2.48. The van der Waals surface area contributed by atoms with Crippen LogP contribution in [0.1, 0.15) is 17.1 Å². The minimum atomic E-state index is -0.197. The molecule has 20 heavy (non-hydrogen) atoms. The second kappa shape index (κ2) is 5.46. The first-order chi connectivity index (χ1) is 9.74. The number of H-pyrrole nitrogens is 1. The third-order valence-electron chi connectivity index (χ3n) is 3.65. The molecular weight excluding hydrogens is 256 g/mol. The van der Waals surface area contributed by atoms with Crippen molar-refractivity contribution in [3.63, 3.8) is 0 Å². The first-order valence-corrected chi connectivity index (χ1v) is 6.73. The van der Waals surface area contributed by atoms with Gasteiger partial charge in [0.2, 0.25) is 5.91 Å². The van der Waals surface area contributed by atoms with Crippen LogP contribution in [0, 0.1) is 0 Å². The zero-order valence-electron chi connectivity index (χ0n) is 11.4. The molecule has 1 aliphatic heterocycles. The van der Waals surface area contributed by atoms with Gasteiger partial charge in [0, 0.05) is 44.9 Å². The van der Waals surface area contributed by atoms with Gasteiger partial charge < -0.3 is 10.3 Å². The van der Waals surface area contributed by atoms with Crippen LogP contribution in [0.15, 0.2) is 18.6 Å². The largest absolute Gasteiger partial charge is 0.354 e. The quantitative estimate of drug-likeness (QED) is 0.702. The number of amides is 1. The van der Waals surface area contributed by atoms with Crippen LogP contribution in [0.4, 0.5) is 0 Å². The Labute approximate surface area is 116 Å². The summed E-state index contributed by atoms with van der Waals surface area (Å²) in [6, 6.07) is 1.76. The van der Waals surface area contributed by atoms with Crippen molar-refractivity contribution in [1.82, 2.24) is 30.4 Å². The highest BCUT2D eigenvalue weighted by molar-refractivity contribution is 5.82. The molecule has 1 atom stereocenters. The van der Waals surface area contributed by atoms with Gasteiger partial charge in [-0.2, -0.15) is 5.10 Å². The summed E-state index contributed by atoms with van der Waals surface area (Å²) in [6.07, 6.45) is 4.85. The lowest BCUT2D eigenvalue weighted by molar-refractivity contribution is -0.123. The van der Waals surface area contributed by atoms with E-state index >= 15 is 0 Å². The van der Waals surface area contributed by atoms with Crippen LogP contribution in [0.25, 0.3) is 0 Å². The van der Waals surface area contributed by atoms with E-state index in [2.05, 4.69) is 25.7 Å². The molecule has 1 aliphatic rings. The normalized spacial score (nSPS) is 17.8. The lowest BCUT2D eigenvalue weighted by atomic mass is 10.0. The molecule has 7 nitrogen and oxygen atoms in total. The van der Waals surface area contributed by atoms with Crippen molar-refractivity contribution >= 4 is 5.91 Å². The molecule has 1 amide bonds. The molecule has 1 unspecified atom stereocenters.